The maximum Gasteiger partial charge on any atom is 0.411 e. The Hall–Kier alpha value is 0.0600. The van der Waals surface area contributed by atoms with Crippen molar-refractivity contribution in [3.8, 4) is 0 Å². The zero-order valence-corrected chi connectivity index (χ0v) is 11.6. The number of thioether (sulfide) groups is 1. The molecule has 108 valence electrons. The van der Waals surface area contributed by atoms with Crippen LogP contribution < -0.4 is 5.32 Å². The van der Waals surface area contributed by atoms with Gasteiger partial charge in [0.25, 0.3) is 0 Å². The third-order valence-electron chi connectivity index (χ3n) is 3.12. The molecule has 0 aliphatic heterocycles. The molecule has 2 nitrogen and oxygen atoms in total. The van der Waals surface area contributed by atoms with Gasteiger partial charge in [0.15, 0.2) is 0 Å². The molecule has 0 saturated heterocycles. The zero-order chi connectivity index (χ0) is 13.4. The van der Waals surface area contributed by atoms with Gasteiger partial charge in [-0.25, -0.2) is 0 Å². The molecular formula is C12H22F3NOS. The minimum Gasteiger partial charge on any atom is -0.372 e. The molecule has 0 aromatic carbocycles. The largest absolute Gasteiger partial charge is 0.411 e. The van der Waals surface area contributed by atoms with Crippen LogP contribution in [0.4, 0.5) is 13.2 Å². The normalized spacial score (nSPS) is 25.3. The van der Waals surface area contributed by atoms with Gasteiger partial charge in [0.1, 0.15) is 6.61 Å². The number of ether oxygens (including phenoxy) is 1. The second kappa shape index (κ2) is 8.27. The second-order valence-electron chi connectivity index (χ2n) is 4.70. The van der Waals surface area contributed by atoms with Crippen molar-refractivity contribution in [1.82, 2.24) is 5.32 Å². The maximum atomic E-state index is 11.8. The van der Waals surface area contributed by atoms with Gasteiger partial charge in [0, 0.05) is 17.9 Å². The summed E-state index contributed by atoms with van der Waals surface area (Å²) in [6, 6.07) is 0.527. The Labute approximate surface area is 111 Å². The summed E-state index contributed by atoms with van der Waals surface area (Å²) in [6.45, 7) is -0.222. The molecule has 6 heteroatoms. The van der Waals surface area contributed by atoms with Crippen LogP contribution in [-0.2, 0) is 4.74 Å². The minimum atomic E-state index is -4.21. The molecule has 0 aromatic heterocycles. The fourth-order valence-electron chi connectivity index (χ4n) is 2.21. The fraction of sp³-hybridized carbons (Fsp3) is 1.00. The third kappa shape index (κ3) is 7.48. The molecule has 0 amide bonds. The number of alkyl halides is 3. The quantitative estimate of drug-likeness (QED) is 0.726. The molecule has 2 atom stereocenters. The zero-order valence-electron chi connectivity index (χ0n) is 10.8. The van der Waals surface area contributed by atoms with E-state index in [4.69, 9.17) is 0 Å². The molecule has 0 radical (unpaired) electrons. The highest BCUT2D eigenvalue weighted by Gasteiger charge is 2.27. The molecular weight excluding hydrogens is 263 g/mol. The van der Waals surface area contributed by atoms with E-state index in [1.807, 2.05) is 11.8 Å². The van der Waals surface area contributed by atoms with Crippen molar-refractivity contribution in [3.63, 3.8) is 0 Å². The van der Waals surface area contributed by atoms with Crippen molar-refractivity contribution >= 4 is 11.8 Å². The predicted octanol–water partition coefficient (Wildman–Crippen LogP) is 3.22. The number of rotatable bonds is 7. The van der Waals surface area contributed by atoms with Crippen molar-refractivity contribution in [2.45, 2.75) is 49.6 Å². The van der Waals surface area contributed by atoms with Crippen molar-refractivity contribution in [1.29, 1.82) is 0 Å². The summed E-state index contributed by atoms with van der Waals surface area (Å²) in [5.41, 5.74) is 0. The van der Waals surface area contributed by atoms with Crippen molar-refractivity contribution in [3.05, 3.63) is 0 Å². The average molecular weight is 285 g/mol. The summed E-state index contributed by atoms with van der Waals surface area (Å²) < 4.78 is 39.9. The molecule has 18 heavy (non-hydrogen) atoms. The van der Waals surface area contributed by atoms with Crippen LogP contribution in [0.1, 0.15) is 32.1 Å². The van der Waals surface area contributed by atoms with Gasteiger partial charge < -0.3 is 10.1 Å². The third-order valence-corrected chi connectivity index (χ3v) is 4.22. The topological polar surface area (TPSA) is 21.3 Å². The number of halogens is 3. The first-order valence-electron chi connectivity index (χ1n) is 6.42. The molecule has 1 fully saturated rings. The lowest BCUT2D eigenvalue weighted by Gasteiger charge is -2.28. The van der Waals surface area contributed by atoms with Crippen molar-refractivity contribution < 1.29 is 17.9 Å². The maximum absolute atomic E-state index is 11.8. The van der Waals surface area contributed by atoms with Gasteiger partial charge >= 0.3 is 6.18 Å². The van der Waals surface area contributed by atoms with Gasteiger partial charge in [-0.05, 0) is 38.5 Å². The Morgan fingerprint density at radius 2 is 2.11 bits per heavy atom. The van der Waals surface area contributed by atoms with E-state index in [0.717, 1.165) is 11.8 Å². The van der Waals surface area contributed by atoms with Gasteiger partial charge in [-0.2, -0.15) is 24.9 Å². The van der Waals surface area contributed by atoms with Crippen LogP contribution in [0.5, 0.6) is 0 Å². The molecule has 1 rings (SSSR count). The summed E-state index contributed by atoms with van der Waals surface area (Å²) in [7, 11) is 0. The van der Waals surface area contributed by atoms with Crippen LogP contribution in [0.15, 0.2) is 0 Å². The molecule has 0 spiro atoms. The van der Waals surface area contributed by atoms with Gasteiger partial charge in [0.05, 0.1) is 0 Å². The van der Waals surface area contributed by atoms with E-state index in [-0.39, 0.29) is 6.61 Å². The molecule has 1 saturated carbocycles. The Bertz CT molecular complexity index is 226. The standard InChI is InChI=1S/C12H22F3NOS/c1-18-11-5-2-4-10(8-11)16-6-3-7-17-9-12(13,14)15/h10-11,16H,2-9H2,1H3. The van der Waals surface area contributed by atoms with E-state index in [2.05, 4.69) is 16.3 Å². The van der Waals surface area contributed by atoms with Crippen molar-refractivity contribution in [2.75, 3.05) is 26.0 Å². The van der Waals surface area contributed by atoms with Crippen LogP contribution in [0.25, 0.3) is 0 Å². The molecule has 0 bridgehead atoms. The first-order chi connectivity index (χ1) is 8.51. The minimum absolute atomic E-state index is 0.172. The lowest BCUT2D eigenvalue weighted by Crippen LogP contribution is -2.36. The number of nitrogens with one attached hydrogen (secondary N) is 1. The van der Waals surface area contributed by atoms with Crippen LogP contribution in [0.3, 0.4) is 0 Å². The molecule has 1 aliphatic carbocycles. The molecule has 0 heterocycles. The first kappa shape index (κ1) is 16.1. The number of hydrogen-bond donors (Lipinski definition) is 1. The summed E-state index contributed by atoms with van der Waals surface area (Å²) in [6.07, 6.45) is 3.45. The van der Waals surface area contributed by atoms with Gasteiger partial charge in [-0.3, -0.25) is 0 Å². The van der Waals surface area contributed by atoms with Crippen molar-refractivity contribution in [2.24, 2.45) is 0 Å². The highest BCUT2D eigenvalue weighted by atomic mass is 32.2. The number of hydrogen-bond acceptors (Lipinski definition) is 3. The van der Waals surface area contributed by atoms with Crippen LogP contribution in [0.2, 0.25) is 0 Å². The van der Waals surface area contributed by atoms with E-state index in [0.29, 0.717) is 12.5 Å². The smallest absolute Gasteiger partial charge is 0.372 e. The van der Waals surface area contributed by atoms with Gasteiger partial charge in [-0.1, -0.05) is 6.42 Å². The van der Waals surface area contributed by atoms with E-state index < -0.39 is 12.8 Å². The van der Waals surface area contributed by atoms with Gasteiger partial charge in [0.2, 0.25) is 0 Å². The van der Waals surface area contributed by atoms with E-state index in [9.17, 15) is 13.2 Å². The predicted molar refractivity (Wildman–Crippen MR) is 69.1 cm³/mol. The first-order valence-corrected chi connectivity index (χ1v) is 7.70. The fourth-order valence-corrected chi connectivity index (χ4v) is 3.04. The van der Waals surface area contributed by atoms with Crippen LogP contribution >= 0.6 is 11.8 Å². The van der Waals surface area contributed by atoms with Crippen LogP contribution in [0, 0.1) is 0 Å². The van der Waals surface area contributed by atoms with E-state index >= 15 is 0 Å². The monoisotopic (exact) mass is 285 g/mol. The summed E-state index contributed by atoms with van der Waals surface area (Å²) in [5.74, 6) is 0. The van der Waals surface area contributed by atoms with E-state index in [1.54, 1.807) is 0 Å². The Morgan fingerprint density at radius 1 is 1.33 bits per heavy atom. The molecule has 1 aliphatic rings. The van der Waals surface area contributed by atoms with E-state index in [1.165, 1.54) is 25.7 Å². The molecule has 1 N–H and O–H groups in total. The lowest BCUT2D eigenvalue weighted by atomic mass is 9.95. The second-order valence-corrected chi connectivity index (χ2v) is 5.83. The summed E-state index contributed by atoms with van der Waals surface area (Å²) in [5, 5.41) is 4.14. The molecule has 2 unspecified atom stereocenters. The Kier molecular flexibility index (Phi) is 7.41. The van der Waals surface area contributed by atoms with Crippen LogP contribution in [-0.4, -0.2) is 43.5 Å². The highest BCUT2D eigenvalue weighted by molar-refractivity contribution is 7.99. The lowest BCUT2D eigenvalue weighted by molar-refractivity contribution is -0.173. The Morgan fingerprint density at radius 3 is 2.78 bits per heavy atom. The van der Waals surface area contributed by atoms with Gasteiger partial charge in [-0.15, -0.1) is 0 Å². The summed E-state index contributed by atoms with van der Waals surface area (Å²) in [4.78, 5) is 0. The SMILES string of the molecule is CSC1CCCC(NCCCOCC(F)(F)F)C1. The average Bonchev–Trinajstić information content (AvgIpc) is 2.32. The summed E-state index contributed by atoms with van der Waals surface area (Å²) >= 11 is 1.91. The Balaban J connectivity index is 1.97. The highest BCUT2D eigenvalue weighted by Crippen LogP contribution is 2.26. The molecule has 0 aromatic rings.